The smallest absolute Gasteiger partial charge is 0.133 e. The summed E-state index contributed by atoms with van der Waals surface area (Å²) in [6, 6.07) is 13.8. The molecule has 0 bridgehead atoms. The molecule has 0 amide bonds. The fraction of sp³-hybridized carbons (Fsp3) is 0.250. The molecular weight excluding hydrogens is 289 g/mol. The summed E-state index contributed by atoms with van der Waals surface area (Å²) in [6.45, 7) is -0.472. The molecule has 0 aromatic heterocycles. The molecule has 2 N–H and O–H groups in total. The minimum Gasteiger partial charge on any atom is -0.398 e. The van der Waals surface area contributed by atoms with E-state index >= 15 is 0 Å². The highest BCUT2D eigenvalue weighted by atomic mass is 32.2. The van der Waals surface area contributed by atoms with E-state index in [9.17, 15) is 4.39 Å². The Kier molecular flexibility index (Phi) is 5.38. The predicted molar refractivity (Wildman–Crippen MR) is 89.1 cm³/mol. The summed E-state index contributed by atoms with van der Waals surface area (Å²) in [6.07, 6.45) is 4.48. The molecular formula is C16H19FNS2+. The van der Waals surface area contributed by atoms with Crippen LogP contribution in [0.25, 0.3) is 0 Å². The zero-order valence-electron chi connectivity index (χ0n) is 11.7. The van der Waals surface area contributed by atoms with Crippen LogP contribution in [0.15, 0.2) is 52.3 Å². The molecule has 106 valence electrons. The number of anilines is 1. The van der Waals surface area contributed by atoms with Crippen molar-refractivity contribution in [2.45, 2.75) is 22.2 Å². The first-order valence-electron chi connectivity index (χ1n) is 6.34. The van der Waals surface area contributed by atoms with E-state index in [4.69, 9.17) is 5.73 Å². The van der Waals surface area contributed by atoms with Crippen molar-refractivity contribution in [1.82, 2.24) is 0 Å². The topological polar surface area (TPSA) is 26.0 Å². The van der Waals surface area contributed by atoms with Crippen molar-refractivity contribution in [3.05, 3.63) is 53.6 Å². The zero-order valence-corrected chi connectivity index (χ0v) is 13.4. The van der Waals surface area contributed by atoms with Crippen LogP contribution in [-0.2, 0) is 23.3 Å². The summed E-state index contributed by atoms with van der Waals surface area (Å²) >= 11 is 1.66. The number of nitrogen functional groups attached to an aromatic ring is 1. The average Bonchev–Trinajstić information content (AvgIpc) is 2.42. The van der Waals surface area contributed by atoms with Crippen molar-refractivity contribution >= 4 is 28.3 Å². The van der Waals surface area contributed by atoms with Crippen LogP contribution in [0, 0.1) is 0 Å². The van der Waals surface area contributed by atoms with E-state index < -0.39 is 6.67 Å². The lowest BCUT2D eigenvalue weighted by atomic mass is 10.2. The van der Waals surface area contributed by atoms with Gasteiger partial charge in [-0.25, -0.2) is 4.39 Å². The van der Waals surface area contributed by atoms with Gasteiger partial charge in [0.1, 0.15) is 12.4 Å². The molecule has 2 aromatic carbocycles. The van der Waals surface area contributed by atoms with E-state index in [2.05, 4.69) is 30.7 Å². The normalized spacial score (nSPS) is 11.0. The van der Waals surface area contributed by atoms with Gasteiger partial charge in [-0.15, -0.1) is 0 Å². The van der Waals surface area contributed by atoms with Gasteiger partial charge < -0.3 is 5.73 Å². The second-order valence-corrected chi connectivity index (χ2v) is 8.19. The van der Waals surface area contributed by atoms with Crippen molar-refractivity contribution in [2.24, 2.45) is 0 Å². The van der Waals surface area contributed by atoms with Gasteiger partial charge in [0.25, 0.3) is 0 Å². The summed E-state index contributed by atoms with van der Waals surface area (Å²) in [5.41, 5.74) is 8.63. The first-order chi connectivity index (χ1) is 9.60. The number of nitrogens with two attached hydrogens (primary N) is 1. The number of alkyl halides is 1. The van der Waals surface area contributed by atoms with Crippen LogP contribution in [0.2, 0.25) is 0 Å². The van der Waals surface area contributed by atoms with Crippen molar-refractivity contribution in [1.29, 1.82) is 0 Å². The molecule has 1 nitrogen and oxygen atoms in total. The van der Waals surface area contributed by atoms with Gasteiger partial charge in [-0.2, -0.15) is 0 Å². The van der Waals surface area contributed by atoms with E-state index in [1.54, 1.807) is 23.9 Å². The number of rotatable bonds is 5. The number of benzene rings is 2. The molecule has 0 radical (unpaired) electrons. The largest absolute Gasteiger partial charge is 0.398 e. The molecule has 0 heterocycles. The standard InChI is InChI=1S/C16H19FNS2/c1-20(2)11-13-5-3-4-6-15(13)19-16-8-7-12(10-17)9-14(16)18/h3-9H,10-11,18H2,1-2H3/q+1. The van der Waals surface area contributed by atoms with Gasteiger partial charge in [0, 0.05) is 21.0 Å². The molecule has 0 aliphatic carbocycles. The number of hydrogen-bond donors (Lipinski definition) is 1. The maximum Gasteiger partial charge on any atom is 0.133 e. The Morgan fingerprint density at radius 1 is 1.10 bits per heavy atom. The van der Waals surface area contributed by atoms with E-state index in [0.717, 1.165) is 10.6 Å². The van der Waals surface area contributed by atoms with E-state index in [1.165, 1.54) is 10.5 Å². The van der Waals surface area contributed by atoms with Crippen LogP contribution >= 0.6 is 11.8 Å². The van der Waals surface area contributed by atoms with Crippen LogP contribution in [-0.4, -0.2) is 12.5 Å². The van der Waals surface area contributed by atoms with Crippen LogP contribution in [0.3, 0.4) is 0 Å². The zero-order chi connectivity index (χ0) is 14.5. The van der Waals surface area contributed by atoms with Gasteiger partial charge >= 0.3 is 0 Å². The van der Waals surface area contributed by atoms with Crippen LogP contribution in [0.1, 0.15) is 11.1 Å². The molecule has 2 aromatic rings. The Morgan fingerprint density at radius 2 is 1.85 bits per heavy atom. The van der Waals surface area contributed by atoms with Crippen molar-refractivity contribution in [3.8, 4) is 0 Å². The summed E-state index contributed by atoms with van der Waals surface area (Å²) in [4.78, 5) is 2.22. The molecule has 0 aliphatic heterocycles. The second-order valence-electron chi connectivity index (χ2n) is 4.85. The fourth-order valence-corrected chi connectivity index (χ4v) is 3.86. The Morgan fingerprint density at radius 3 is 2.50 bits per heavy atom. The van der Waals surface area contributed by atoms with Gasteiger partial charge in [0.05, 0.1) is 12.5 Å². The SMILES string of the molecule is C[S+](C)Cc1ccccc1Sc1ccc(CF)cc1N. The molecule has 0 spiro atoms. The third kappa shape index (κ3) is 3.93. The third-order valence-electron chi connectivity index (χ3n) is 2.87. The first-order valence-corrected chi connectivity index (χ1v) is 9.37. The molecule has 0 saturated carbocycles. The summed E-state index contributed by atoms with van der Waals surface area (Å²) < 4.78 is 12.6. The van der Waals surface area contributed by atoms with Crippen LogP contribution in [0.5, 0.6) is 0 Å². The van der Waals surface area contributed by atoms with Gasteiger partial charge in [0.2, 0.25) is 0 Å². The predicted octanol–water partition coefficient (Wildman–Crippen LogP) is 4.27. The Balaban J connectivity index is 2.26. The molecule has 2 rings (SSSR count). The first kappa shape index (κ1) is 15.3. The summed E-state index contributed by atoms with van der Waals surface area (Å²) in [7, 11) is 0.361. The number of hydrogen-bond acceptors (Lipinski definition) is 2. The maximum absolute atomic E-state index is 12.6. The van der Waals surface area contributed by atoms with Crippen molar-refractivity contribution < 1.29 is 4.39 Å². The molecule has 0 unspecified atom stereocenters. The molecule has 20 heavy (non-hydrogen) atoms. The Hall–Kier alpha value is -1.13. The third-order valence-corrected chi connectivity index (χ3v) is 4.96. The Labute approximate surface area is 127 Å². The maximum atomic E-state index is 12.6. The van der Waals surface area contributed by atoms with Crippen molar-refractivity contribution in [3.63, 3.8) is 0 Å². The second kappa shape index (κ2) is 7.04. The lowest BCUT2D eigenvalue weighted by Gasteiger charge is -2.10. The molecule has 0 atom stereocenters. The van der Waals surface area contributed by atoms with E-state index in [0.29, 0.717) is 22.1 Å². The molecule has 0 fully saturated rings. The fourth-order valence-electron chi connectivity index (χ4n) is 1.93. The van der Waals surface area contributed by atoms with Crippen LogP contribution in [0.4, 0.5) is 10.1 Å². The minimum atomic E-state index is -0.472. The van der Waals surface area contributed by atoms with Gasteiger partial charge in [-0.05, 0) is 34.7 Å². The summed E-state index contributed by atoms with van der Waals surface area (Å²) in [5, 5.41) is 0. The highest BCUT2D eigenvalue weighted by molar-refractivity contribution is 7.99. The minimum absolute atomic E-state index is 0.361. The summed E-state index contributed by atoms with van der Waals surface area (Å²) in [5.74, 6) is 1.08. The Bertz CT molecular complexity index is 584. The monoisotopic (exact) mass is 308 g/mol. The van der Waals surface area contributed by atoms with Gasteiger partial charge in [0.15, 0.2) is 0 Å². The molecule has 0 saturated heterocycles. The molecule has 4 heteroatoms. The van der Waals surface area contributed by atoms with E-state index in [1.807, 2.05) is 12.1 Å². The highest BCUT2D eigenvalue weighted by Crippen LogP contribution is 2.35. The molecule has 0 aliphatic rings. The lowest BCUT2D eigenvalue weighted by Crippen LogP contribution is -2.00. The van der Waals surface area contributed by atoms with Crippen LogP contribution < -0.4 is 5.73 Å². The van der Waals surface area contributed by atoms with Gasteiger partial charge in [-0.1, -0.05) is 36.0 Å². The van der Waals surface area contributed by atoms with Gasteiger partial charge in [-0.3, -0.25) is 0 Å². The van der Waals surface area contributed by atoms with Crippen molar-refractivity contribution in [2.75, 3.05) is 18.2 Å². The average molecular weight is 308 g/mol. The lowest BCUT2D eigenvalue weighted by molar-refractivity contribution is 0.485. The highest BCUT2D eigenvalue weighted by Gasteiger charge is 2.11. The quantitative estimate of drug-likeness (QED) is 0.659. The van der Waals surface area contributed by atoms with E-state index in [-0.39, 0.29) is 0 Å². The number of halogens is 1.